The molecule has 6 nitrogen and oxygen atoms in total. The Morgan fingerprint density at radius 1 is 1.35 bits per heavy atom. The molecule has 6 N–H and O–H groups in total. The number of primary amides is 1. The van der Waals surface area contributed by atoms with Gasteiger partial charge in [0.25, 0.3) is 0 Å². The number of fused-ring (bicyclic) bond motifs is 1. The van der Waals surface area contributed by atoms with Crippen molar-refractivity contribution in [2.45, 2.75) is 25.4 Å². The molecule has 0 aliphatic rings. The SMILES string of the molecule is C[C@H](N)C(=O)N[C@@H](Cc1c[nH]c2ccccc12)C(N)=O. The molecule has 0 spiro atoms. The molecule has 20 heavy (non-hydrogen) atoms. The highest BCUT2D eigenvalue weighted by Crippen LogP contribution is 2.19. The van der Waals surface area contributed by atoms with Gasteiger partial charge in [-0.15, -0.1) is 0 Å². The largest absolute Gasteiger partial charge is 0.368 e. The molecular formula is C14H18N4O2. The number of amides is 2. The first kappa shape index (κ1) is 14.1. The van der Waals surface area contributed by atoms with Gasteiger partial charge < -0.3 is 21.8 Å². The summed E-state index contributed by atoms with van der Waals surface area (Å²) in [7, 11) is 0. The molecule has 2 atom stereocenters. The minimum atomic E-state index is -0.771. The van der Waals surface area contributed by atoms with Crippen molar-refractivity contribution in [1.82, 2.24) is 10.3 Å². The lowest BCUT2D eigenvalue weighted by molar-refractivity contribution is -0.127. The van der Waals surface area contributed by atoms with Gasteiger partial charge in [-0.3, -0.25) is 9.59 Å². The third kappa shape index (κ3) is 2.97. The minimum absolute atomic E-state index is 0.331. The van der Waals surface area contributed by atoms with Crippen molar-refractivity contribution in [2.75, 3.05) is 0 Å². The van der Waals surface area contributed by atoms with E-state index in [1.165, 1.54) is 0 Å². The zero-order valence-electron chi connectivity index (χ0n) is 11.2. The molecule has 2 aromatic rings. The number of hydrogen-bond acceptors (Lipinski definition) is 3. The highest BCUT2D eigenvalue weighted by atomic mass is 16.2. The van der Waals surface area contributed by atoms with Gasteiger partial charge in [0.15, 0.2) is 0 Å². The molecule has 0 saturated carbocycles. The maximum absolute atomic E-state index is 11.6. The van der Waals surface area contributed by atoms with E-state index in [0.29, 0.717) is 6.42 Å². The average Bonchev–Trinajstić information content (AvgIpc) is 2.81. The molecule has 2 rings (SSSR count). The number of carbonyl (C=O) groups excluding carboxylic acids is 2. The number of H-pyrrole nitrogens is 1. The summed E-state index contributed by atoms with van der Waals surface area (Å²) in [5.74, 6) is -0.974. The second kappa shape index (κ2) is 5.75. The van der Waals surface area contributed by atoms with Crippen molar-refractivity contribution in [2.24, 2.45) is 11.5 Å². The molecule has 1 heterocycles. The number of benzene rings is 1. The summed E-state index contributed by atoms with van der Waals surface area (Å²) in [4.78, 5) is 26.2. The summed E-state index contributed by atoms with van der Waals surface area (Å²) in [6.07, 6.45) is 2.15. The molecule has 0 radical (unpaired) electrons. The van der Waals surface area contributed by atoms with Crippen molar-refractivity contribution in [3.8, 4) is 0 Å². The van der Waals surface area contributed by atoms with E-state index in [1.807, 2.05) is 30.5 Å². The third-order valence-electron chi connectivity index (χ3n) is 3.17. The van der Waals surface area contributed by atoms with Crippen LogP contribution in [-0.2, 0) is 16.0 Å². The summed E-state index contributed by atoms with van der Waals surface area (Å²) < 4.78 is 0. The Morgan fingerprint density at radius 3 is 2.70 bits per heavy atom. The summed E-state index contributed by atoms with van der Waals surface area (Å²) in [6, 6.07) is 6.28. The van der Waals surface area contributed by atoms with E-state index >= 15 is 0 Å². The molecule has 0 saturated heterocycles. The Kier molecular flexibility index (Phi) is 4.05. The molecule has 0 unspecified atom stereocenters. The Hall–Kier alpha value is -2.34. The van der Waals surface area contributed by atoms with Crippen LogP contribution in [0.2, 0.25) is 0 Å². The van der Waals surface area contributed by atoms with Crippen LogP contribution in [0.5, 0.6) is 0 Å². The fourth-order valence-corrected chi connectivity index (χ4v) is 2.05. The van der Waals surface area contributed by atoms with Crippen LogP contribution in [0, 0.1) is 0 Å². The normalized spacial score (nSPS) is 13.9. The molecule has 106 valence electrons. The van der Waals surface area contributed by atoms with Crippen LogP contribution >= 0.6 is 0 Å². The predicted octanol–water partition coefficient (Wildman–Crippen LogP) is 0.0277. The standard InChI is InChI=1S/C14H18N4O2/c1-8(15)14(20)18-12(13(16)19)6-9-7-17-11-5-3-2-4-10(9)11/h2-5,7-8,12,17H,6,15H2,1H3,(H2,16,19)(H,18,20)/t8-,12-/m0/s1. The molecule has 2 amide bonds. The van der Waals surface area contributed by atoms with E-state index in [4.69, 9.17) is 11.5 Å². The van der Waals surface area contributed by atoms with Crippen LogP contribution in [0.15, 0.2) is 30.5 Å². The summed E-state index contributed by atoms with van der Waals surface area (Å²) >= 11 is 0. The van der Waals surface area contributed by atoms with Gasteiger partial charge in [-0.05, 0) is 18.6 Å². The quantitative estimate of drug-likeness (QED) is 0.616. The summed E-state index contributed by atoms with van der Waals surface area (Å²) in [5.41, 5.74) is 12.7. The summed E-state index contributed by atoms with van der Waals surface area (Å²) in [6.45, 7) is 1.55. The second-order valence-corrected chi connectivity index (χ2v) is 4.82. The van der Waals surface area contributed by atoms with Gasteiger partial charge in [0.1, 0.15) is 6.04 Å². The van der Waals surface area contributed by atoms with E-state index < -0.39 is 23.9 Å². The number of rotatable bonds is 5. The van der Waals surface area contributed by atoms with Gasteiger partial charge in [-0.1, -0.05) is 18.2 Å². The maximum Gasteiger partial charge on any atom is 0.240 e. The topological polar surface area (TPSA) is 114 Å². The first-order valence-corrected chi connectivity index (χ1v) is 6.39. The fourth-order valence-electron chi connectivity index (χ4n) is 2.05. The number of nitrogens with two attached hydrogens (primary N) is 2. The predicted molar refractivity (Wildman–Crippen MR) is 76.8 cm³/mol. The number of aromatic amines is 1. The van der Waals surface area contributed by atoms with E-state index in [0.717, 1.165) is 16.5 Å². The molecule has 0 fully saturated rings. The first-order valence-electron chi connectivity index (χ1n) is 6.39. The molecule has 1 aromatic carbocycles. The molecule has 6 heteroatoms. The molecule has 0 aliphatic heterocycles. The van der Waals surface area contributed by atoms with Gasteiger partial charge in [0.2, 0.25) is 11.8 Å². The van der Waals surface area contributed by atoms with E-state index in [-0.39, 0.29) is 0 Å². The van der Waals surface area contributed by atoms with Crippen molar-refractivity contribution in [1.29, 1.82) is 0 Å². The van der Waals surface area contributed by atoms with Crippen LogP contribution < -0.4 is 16.8 Å². The van der Waals surface area contributed by atoms with Crippen LogP contribution in [0.4, 0.5) is 0 Å². The van der Waals surface area contributed by atoms with Crippen molar-refractivity contribution < 1.29 is 9.59 Å². The number of aromatic nitrogens is 1. The van der Waals surface area contributed by atoms with Gasteiger partial charge in [-0.2, -0.15) is 0 Å². The second-order valence-electron chi connectivity index (χ2n) is 4.82. The maximum atomic E-state index is 11.6. The monoisotopic (exact) mass is 274 g/mol. The van der Waals surface area contributed by atoms with Crippen molar-refractivity contribution >= 4 is 22.7 Å². The van der Waals surface area contributed by atoms with Gasteiger partial charge in [0, 0.05) is 23.5 Å². The van der Waals surface area contributed by atoms with Crippen molar-refractivity contribution in [3.05, 3.63) is 36.0 Å². The van der Waals surface area contributed by atoms with Gasteiger partial charge in [-0.25, -0.2) is 0 Å². The number of hydrogen-bond donors (Lipinski definition) is 4. The zero-order chi connectivity index (χ0) is 14.7. The van der Waals surface area contributed by atoms with Gasteiger partial charge in [0.05, 0.1) is 6.04 Å². The van der Waals surface area contributed by atoms with Crippen LogP contribution in [0.1, 0.15) is 12.5 Å². The Balaban J connectivity index is 2.20. The Labute approximate surface area is 116 Å². The fraction of sp³-hybridized carbons (Fsp3) is 0.286. The summed E-state index contributed by atoms with van der Waals surface area (Å²) in [5, 5.41) is 3.57. The highest BCUT2D eigenvalue weighted by molar-refractivity contribution is 5.90. The van der Waals surface area contributed by atoms with E-state index in [2.05, 4.69) is 10.3 Å². The van der Waals surface area contributed by atoms with Crippen molar-refractivity contribution in [3.63, 3.8) is 0 Å². The highest BCUT2D eigenvalue weighted by Gasteiger charge is 2.21. The smallest absolute Gasteiger partial charge is 0.240 e. The number of carbonyl (C=O) groups is 2. The zero-order valence-corrected chi connectivity index (χ0v) is 11.2. The van der Waals surface area contributed by atoms with E-state index in [9.17, 15) is 9.59 Å². The number of para-hydroxylation sites is 1. The Morgan fingerprint density at radius 2 is 2.05 bits per heavy atom. The average molecular weight is 274 g/mol. The Bertz CT molecular complexity index is 633. The van der Waals surface area contributed by atoms with E-state index in [1.54, 1.807) is 6.92 Å². The van der Waals surface area contributed by atoms with Crippen LogP contribution in [-0.4, -0.2) is 28.9 Å². The minimum Gasteiger partial charge on any atom is -0.368 e. The molecule has 0 bridgehead atoms. The molecular weight excluding hydrogens is 256 g/mol. The number of nitrogens with one attached hydrogen (secondary N) is 2. The molecule has 0 aliphatic carbocycles. The lowest BCUT2D eigenvalue weighted by Gasteiger charge is -2.16. The lowest BCUT2D eigenvalue weighted by atomic mass is 10.0. The van der Waals surface area contributed by atoms with Gasteiger partial charge >= 0.3 is 0 Å². The third-order valence-corrected chi connectivity index (χ3v) is 3.17. The first-order chi connectivity index (χ1) is 9.49. The lowest BCUT2D eigenvalue weighted by Crippen LogP contribution is -2.50. The van der Waals surface area contributed by atoms with Crippen LogP contribution in [0.3, 0.4) is 0 Å². The van der Waals surface area contributed by atoms with Crippen LogP contribution in [0.25, 0.3) is 10.9 Å². The molecule has 1 aromatic heterocycles.